The van der Waals surface area contributed by atoms with E-state index in [9.17, 15) is 0 Å². The molecule has 2 unspecified atom stereocenters. The zero-order valence-corrected chi connectivity index (χ0v) is 8.68. The molecule has 13 heavy (non-hydrogen) atoms. The Morgan fingerprint density at radius 3 is 2.62 bits per heavy atom. The van der Waals surface area contributed by atoms with Crippen molar-refractivity contribution in [3.05, 3.63) is 0 Å². The second-order valence-corrected chi connectivity index (χ2v) is 4.95. The van der Waals surface area contributed by atoms with E-state index >= 15 is 0 Å². The SMILES string of the molecule is CCC1CC1NCC1(CN)CCC1. The van der Waals surface area contributed by atoms with Gasteiger partial charge in [0.15, 0.2) is 0 Å². The van der Waals surface area contributed by atoms with Crippen LogP contribution in [0.25, 0.3) is 0 Å². The minimum atomic E-state index is 0.487. The molecule has 2 heteroatoms. The Labute approximate surface area is 81.3 Å². The maximum absolute atomic E-state index is 5.80. The Kier molecular flexibility index (Phi) is 2.61. The molecule has 2 aliphatic carbocycles. The maximum Gasteiger partial charge on any atom is 0.00992 e. The molecule has 0 amide bonds. The lowest BCUT2D eigenvalue weighted by atomic mass is 9.69. The fourth-order valence-electron chi connectivity index (χ4n) is 2.43. The number of hydrogen-bond donors (Lipinski definition) is 2. The smallest absolute Gasteiger partial charge is 0.00992 e. The normalized spacial score (nSPS) is 35.5. The zero-order chi connectivity index (χ0) is 9.31. The highest BCUT2D eigenvalue weighted by atomic mass is 15.0. The van der Waals surface area contributed by atoms with Gasteiger partial charge in [-0.15, -0.1) is 0 Å². The van der Waals surface area contributed by atoms with Crippen molar-refractivity contribution in [2.45, 2.75) is 45.1 Å². The monoisotopic (exact) mass is 182 g/mol. The van der Waals surface area contributed by atoms with Gasteiger partial charge in [0.25, 0.3) is 0 Å². The molecule has 2 fully saturated rings. The van der Waals surface area contributed by atoms with Crippen molar-refractivity contribution in [3.8, 4) is 0 Å². The molecule has 0 aromatic heterocycles. The molecule has 0 heterocycles. The van der Waals surface area contributed by atoms with Crippen LogP contribution in [0.4, 0.5) is 0 Å². The maximum atomic E-state index is 5.80. The molecule has 0 aromatic carbocycles. The molecule has 0 radical (unpaired) electrons. The fraction of sp³-hybridized carbons (Fsp3) is 1.00. The summed E-state index contributed by atoms with van der Waals surface area (Å²) in [5, 5.41) is 3.67. The highest BCUT2D eigenvalue weighted by Crippen LogP contribution is 2.41. The van der Waals surface area contributed by atoms with E-state index in [4.69, 9.17) is 5.73 Å². The van der Waals surface area contributed by atoms with Crippen molar-refractivity contribution in [1.29, 1.82) is 0 Å². The first kappa shape index (κ1) is 9.47. The molecule has 2 nitrogen and oxygen atoms in total. The van der Waals surface area contributed by atoms with Gasteiger partial charge in [-0.2, -0.15) is 0 Å². The van der Waals surface area contributed by atoms with Gasteiger partial charge in [0.05, 0.1) is 0 Å². The van der Waals surface area contributed by atoms with Crippen molar-refractivity contribution in [3.63, 3.8) is 0 Å². The summed E-state index contributed by atoms with van der Waals surface area (Å²) >= 11 is 0. The van der Waals surface area contributed by atoms with Gasteiger partial charge >= 0.3 is 0 Å². The van der Waals surface area contributed by atoms with E-state index in [2.05, 4.69) is 12.2 Å². The summed E-state index contributed by atoms with van der Waals surface area (Å²) in [4.78, 5) is 0. The van der Waals surface area contributed by atoms with Crippen LogP contribution in [0.5, 0.6) is 0 Å². The van der Waals surface area contributed by atoms with Crippen LogP contribution in [0.2, 0.25) is 0 Å². The topological polar surface area (TPSA) is 38.0 Å². The standard InChI is InChI=1S/C11H22N2/c1-2-9-6-10(9)13-8-11(7-12)4-3-5-11/h9-10,13H,2-8,12H2,1H3. The molecule has 3 N–H and O–H groups in total. The van der Waals surface area contributed by atoms with Crippen LogP contribution in [-0.2, 0) is 0 Å². The molecule has 0 aromatic rings. The van der Waals surface area contributed by atoms with Gasteiger partial charge < -0.3 is 11.1 Å². The molecule has 0 spiro atoms. The molecule has 0 bridgehead atoms. The van der Waals surface area contributed by atoms with Gasteiger partial charge in [-0.05, 0) is 37.1 Å². The van der Waals surface area contributed by atoms with Gasteiger partial charge in [-0.25, -0.2) is 0 Å². The quantitative estimate of drug-likeness (QED) is 0.676. The van der Waals surface area contributed by atoms with E-state index in [1.54, 1.807) is 0 Å². The highest BCUT2D eigenvalue weighted by Gasteiger charge is 2.40. The summed E-state index contributed by atoms with van der Waals surface area (Å²) in [7, 11) is 0. The Morgan fingerprint density at radius 1 is 1.46 bits per heavy atom. The molecule has 2 saturated carbocycles. The van der Waals surface area contributed by atoms with E-state index in [1.165, 1.54) is 38.6 Å². The van der Waals surface area contributed by atoms with Crippen molar-refractivity contribution in [1.82, 2.24) is 5.32 Å². The molecule has 0 saturated heterocycles. The fourth-order valence-corrected chi connectivity index (χ4v) is 2.43. The van der Waals surface area contributed by atoms with E-state index < -0.39 is 0 Å². The number of nitrogens with two attached hydrogens (primary N) is 1. The van der Waals surface area contributed by atoms with Crippen LogP contribution in [0.15, 0.2) is 0 Å². The second-order valence-electron chi connectivity index (χ2n) is 4.95. The van der Waals surface area contributed by atoms with E-state index in [0.29, 0.717) is 5.41 Å². The minimum Gasteiger partial charge on any atom is -0.330 e. The summed E-state index contributed by atoms with van der Waals surface area (Å²) in [6.45, 7) is 4.34. The lowest BCUT2D eigenvalue weighted by molar-refractivity contribution is 0.140. The molecule has 0 aliphatic heterocycles. The van der Waals surface area contributed by atoms with Crippen LogP contribution in [0, 0.1) is 11.3 Å². The first-order valence-corrected chi connectivity index (χ1v) is 5.73. The summed E-state index contributed by atoms with van der Waals surface area (Å²) in [5.74, 6) is 0.968. The number of rotatable bonds is 5. The predicted molar refractivity (Wildman–Crippen MR) is 55.5 cm³/mol. The van der Waals surface area contributed by atoms with E-state index in [-0.39, 0.29) is 0 Å². The van der Waals surface area contributed by atoms with E-state index in [0.717, 1.165) is 18.5 Å². The third kappa shape index (κ3) is 1.89. The van der Waals surface area contributed by atoms with Crippen LogP contribution in [0.1, 0.15) is 39.0 Å². The van der Waals surface area contributed by atoms with Gasteiger partial charge in [0.2, 0.25) is 0 Å². The highest BCUT2D eigenvalue weighted by molar-refractivity contribution is 4.97. The van der Waals surface area contributed by atoms with Crippen molar-refractivity contribution >= 4 is 0 Å². The largest absolute Gasteiger partial charge is 0.330 e. The first-order chi connectivity index (χ1) is 6.29. The molecular weight excluding hydrogens is 160 g/mol. The Morgan fingerprint density at radius 2 is 2.23 bits per heavy atom. The second kappa shape index (κ2) is 3.58. The van der Waals surface area contributed by atoms with Gasteiger partial charge in [0, 0.05) is 12.6 Å². The van der Waals surface area contributed by atoms with Crippen LogP contribution < -0.4 is 11.1 Å². The lowest BCUT2D eigenvalue weighted by Crippen LogP contribution is -2.46. The summed E-state index contributed by atoms with van der Waals surface area (Å²) < 4.78 is 0. The van der Waals surface area contributed by atoms with E-state index in [1.807, 2.05) is 0 Å². The number of nitrogens with one attached hydrogen (secondary N) is 1. The molecule has 2 atom stereocenters. The average molecular weight is 182 g/mol. The Balaban J connectivity index is 1.67. The van der Waals surface area contributed by atoms with Crippen molar-refractivity contribution < 1.29 is 0 Å². The molecule has 76 valence electrons. The molecule has 2 aliphatic rings. The average Bonchev–Trinajstić information content (AvgIpc) is 2.82. The van der Waals surface area contributed by atoms with Gasteiger partial charge in [0.1, 0.15) is 0 Å². The number of hydrogen-bond acceptors (Lipinski definition) is 2. The lowest BCUT2D eigenvalue weighted by Gasteiger charge is -2.41. The molecular formula is C11H22N2. The van der Waals surface area contributed by atoms with Crippen LogP contribution in [0.3, 0.4) is 0 Å². The third-order valence-electron chi connectivity index (χ3n) is 4.03. The third-order valence-corrected chi connectivity index (χ3v) is 4.03. The molecule has 2 rings (SSSR count). The summed E-state index contributed by atoms with van der Waals surface area (Å²) in [5.41, 5.74) is 6.29. The summed E-state index contributed by atoms with van der Waals surface area (Å²) in [6, 6.07) is 0.828. The summed E-state index contributed by atoms with van der Waals surface area (Å²) in [6.07, 6.45) is 6.82. The zero-order valence-electron chi connectivity index (χ0n) is 8.68. The van der Waals surface area contributed by atoms with Crippen molar-refractivity contribution in [2.24, 2.45) is 17.1 Å². The Hall–Kier alpha value is -0.0800. The Bertz CT molecular complexity index is 169. The van der Waals surface area contributed by atoms with Crippen LogP contribution in [-0.4, -0.2) is 19.1 Å². The predicted octanol–water partition coefficient (Wildman–Crippen LogP) is 1.50. The van der Waals surface area contributed by atoms with Gasteiger partial charge in [-0.3, -0.25) is 0 Å². The minimum absolute atomic E-state index is 0.487. The van der Waals surface area contributed by atoms with Gasteiger partial charge in [-0.1, -0.05) is 19.8 Å². The first-order valence-electron chi connectivity index (χ1n) is 5.73. The van der Waals surface area contributed by atoms with Crippen LogP contribution >= 0.6 is 0 Å². The van der Waals surface area contributed by atoms with Crippen molar-refractivity contribution in [2.75, 3.05) is 13.1 Å².